The minimum absolute atomic E-state index is 0.0680. The molecule has 2 aromatic rings. The molecule has 0 spiro atoms. The zero-order valence-electron chi connectivity index (χ0n) is 15.6. The highest BCUT2D eigenvalue weighted by atomic mass is 19.3. The quantitative estimate of drug-likeness (QED) is 0.845. The molecule has 10 heteroatoms. The van der Waals surface area contributed by atoms with Crippen molar-refractivity contribution in [2.24, 2.45) is 0 Å². The summed E-state index contributed by atoms with van der Waals surface area (Å²) in [6, 6.07) is 5.22. The second kappa shape index (κ2) is 7.34. The smallest absolute Gasteiger partial charge is 0.395 e. The van der Waals surface area contributed by atoms with Gasteiger partial charge in [-0.25, -0.2) is 9.18 Å². The van der Waals surface area contributed by atoms with E-state index in [0.717, 1.165) is 6.20 Å². The number of nitrogens with one attached hydrogen (secondary N) is 1. The van der Waals surface area contributed by atoms with Gasteiger partial charge in [0.15, 0.2) is 17.3 Å². The molecule has 7 nitrogen and oxygen atoms in total. The van der Waals surface area contributed by atoms with E-state index in [4.69, 9.17) is 0 Å². The van der Waals surface area contributed by atoms with Crippen LogP contribution in [0.5, 0.6) is 11.5 Å². The van der Waals surface area contributed by atoms with Crippen LogP contribution in [0, 0.1) is 5.82 Å². The van der Waals surface area contributed by atoms with Crippen LogP contribution in [0.25, 0.3) is 0 Å². The molecule has 1 N–H and O–H groups in total. The highest BCUT2D eigenvalue weighted by Crippen LogP contribution is 2.45. The van der Waals surface area contributed by atoms with E-state index in [-0.39, 0.29) is 17.5 Å². The molecule has 1 fully saturated rings. The molecule has 1 aromatic heterocycles. The molecule has 0 unspecified atom stereocenters. The lowest BCUT2D eigenvalue weighted by molar-refractivity contribution is -0.287. The van der Waals surface area contributed by atoms with Crippen molar-refractivity contribution in [2.45, 2.75) is 19.3 Å². The lowest BCUT2D eigenvalue weighted by Gasteiger charge is -2.36. The Balaban J connectivity index is 1.38. The number of ether oxygens (including phenoxy) is 2. The van der Waals surface area contributed by atoms with Crippen LogP contribution in [0.1, 0.15) is 18.5 Å². The number of pyridine rings is 1. The summed E-state index contributed by atoms with van der Waals surface area (Å²) in [5.74, 6) is -0.555. The minimum Gasteiger partial charge on any atom is -0.395 e. The number of fused-ring (bicyclic) bond motifs is 1. The Morgan fingerprint density at radius 1 is 1.21 bits per heavy atom. The van der Waals surface area contributed by atoms with Gasteiger partial charge in [-0.05, 0) is 19.1 Å². The maximum absolute atomic E-state index is 13.9. The van der Waals surface area contributed by atoms with E-state index in [9.17, 15) is 18.0 Å². The molecule has 0 saturated carbocycles. The number of amides is 2. The normalized spacial score (nSPS) is 18.5. The standard InChI is InChI=1S/C19H19F3N4O3/c1-12(13-3-2-4-16-17(13)29-19(21,22)28-16)24-18(27)26-9-7-25(8-10-26)15-5-6-23-11-14(15)20/h2-6,11-12H,7-10H2,1H3,(H,24,27)/t12-/m1/s1. The van der Waals surface area contributed by atoms with Crippen molar-refractivity contribution >= 4 is 11.7 Å². The van der Waals surface area contributed by atoms with Crippen LogP contribution >= 0.6 is 0 Å². The van der Waals surface area contributed by atoms with Crippen LogP contribution in [-0.4, -0.2) is 48.4 Å². The van der Waals surface area contributed by atoms with Crippen molar-refractivity contribution < 1.29 is 27.4 Å². The van der Waals surface area contributed by atoms with Gasteiger partial charge in [-0.1, -0.05) is 12.1 Å². The molecule has 29 heavy (non-hydrogen) atoms. The topological polar surface area (TPSA) is 66.9 Å². The number of alkyl halides is 2. The van der Waals surface area contributed by atoms with Gasteiger partial charge in [0.25, 0.3) is 0 Å². The number of hydrogen-bond acceptors (Lipinski definition) is 5. The van der Waals surface area contributed by atoms with E-state index in [1.165, 1.54) is 12.3 Å². The third-order valence-electron chi connectivity index (χ3n) is 4.92. The maximum Gasteiger partial charge on any atom is 0.586 e. The van der Waals surface area contributed by atoms with Crippen molar-refractivity contribution in [3.05, 3.63) is 48.0 Å². The molecule has 154 valence electrons. The molecule has 0 aliphatic carbocycles. The first kappa shape index (κ1) is 19.2. The summed E-state index contributed by atoms with van der Waals surface area (Å²) in [6.45, 7) is 3.39. The first-order valence-electron chi connectivity index (χ1n) is 9.13. The average Bonchev–Trinajstić information content (AvgIpc) is 3.02. The number of carbonyl (C=O) groups is 1. The van der Waals surface area contributed by atoms with Crippen molar-refractivity contribution in [2.75, 3.05) is 31.1 Å². The van der Waals surface area contributed by atoms with Gasteiger partial charge < -0.3 is 24.6 Å². The Hall–Kier alpha value is -3.17. The fourth-order valence-corrected chi connectivity index (χ4v) is 3.46. The molecule has 1 aromatic carbocycles. The van der Waals surface area contributed by atoms with Crippen molar-refractivity contribution in [1.29, 1.82) is 0 Å². The van der Waals surface area contributed by atoms with Crippen LogP contribution in [0.4, 0.5) is 23.7 Å². The first-order chi connectivity index (χ1) is 13.8. The second-order valence-electron chi connectivity index (χ2n) is 6.81. The number of benzene rings is 1. The molecule has 2 aliphatic heterocycles. The number of piperazine rings is 1. The molecular formula is C19H19F3N4O3. The lowest BCUT2D eigenvalue weighted by atomic mass is 10.1. The monoisotopic (exact) mass is 408 g/mol. The number of urea groups is 1. The van der Waals surface area contributed by atoms with E-state index < -0.39 is 18.2 Å². The highest BCUT2D eigenvalue weighted by molar-refractivity contribution is 5.75. The molecule has 1 atom stereocenters. The maximum atomic E-state index is 13.9. The van der Waals surface area contributed by atoms with Crippen LogP contribution in [0.3, 0.4) is 0 Å². The van der Waals surface area contributed by atoms with E-state index >= 15 is 0 Å². The molecular weight excluding hydrogens is 389 g/mol. The van der Waals surface area contributed by atoms with Gasteiger partial charge in [-0.15, -0.1) is 8.78 Å². The average molecular weight is 408 g/mol. The number of hydrogen-bond donors (Lipinski definition) is 1. The third kappa shape index (κ3) is 3.87. The fourth-order valence-electron chi connectivity index (χ4n) is 3.46. The molecule has 4 rings (SSSR count). The molecule has 1 saturated heterocycles. The Bertz CT molecular complexity index is 919. The summed E-state index contributed by atoms with van der Waals surface area (Å²) < 4.78 is 49.6. The Morgan fingerprint density at radius 3 is 2.69 bits per heavy atom. The van der Waals surface area contributed by atoms with Gasteiger partial charge in [-0.3, -0.25) is 4.98 Å². The molecule has 3 heterocycles. The molecule has 2 aliphatic rings. The van der Waals surface area contributed by atoms with Gasteiger partial charge in [0.1, 0.15) is 0 Å². The summed E-state index contributed by atoms with van der Waals surface area (Å²) in [7, 11) is 0. The number of halogens is 3. The minimum atomic E-state index is -3.72. The Morgan fingerprint density at radius 2 is 1.97 bits per heavy atom. The van der Waals surface area contributed by atoms with Crippen molar-refractivity contribution in [3.63, 3.8) is 0 Å². The van der Waals surface area contributed by atoms with Crippen molar-refractivity contribution in [1.82, 2.24) is 15.2 Å². The van der Waals surface area contributed by atoms with Gasteiger partial charge >= 0.3 is 12.3 Å². The van der Waals surface area contributed by atoms with E-state index in [1.807, 2.05) is 4.90 Å². The third-order valence-corrected chi connectivity index (χ3v) is 4.92. The van der Waals surface area contributed by atoms with E-state index in [2.05, 4.69) is 19.8 Å². The number of carbonyl (C=O) groups excluding carboxylic acids is 1. The second-order valence-corrected chi connectivity index (χ2v) is 6.81. The van der Waals surface area contributed by atoms with Gasteiger partial charge in [0, 0.05) is 37.9 Å². The predicted molar refractivity (Wildman–Crippen MR) is 97.6 cm³/mol. The molecule has 0 bridgehead atoms. The number of anilines is 1. The SMILES string of the molecule is C[C@@H](NC(=O)N1CCN(c2ccncc2F)CC1)c1cccc2c1OC(F)(F)O2. The number of nitrogens with zero attached hydrogens (tertiary/aromatic N) is 3. The summed E-state index contributed by atoms with van der Waals surface area (Å²) in [5, 5.41) is 2.79. The predicted octanol–water partition coefficient (Wildman–Crippen LogP) is 3.14. The number of para-hydroxylation sites is 1. The molecule has 2 amide bonds. The zero-order chi connectivity index (χ0) is 20.6. The molecule has 0 radical (unpaired) electrons. The van der Waals surface area contributed by atoms with Crippen LogP contribution in [0.15, 0.2) is 36.7 Å². The fraction of sp³-hybridized carbons (Fsp3) is 0.368. The van der Waals surface area contributed by atoms with Gasteiger partial charge in [-0.2, -0.15) is 0 Å². The first-order valence-corrected chi connectivity index (χ1v) is 9.13. The highest BCUT2D eigenvalue weighted by Gasteiger charge is 2.45. The van der Waals surface area contributed by atoms with Gasteiger partial charge in [0.05, 0.1) is 17.9 Å². The largest absolute Gasteiger partial charge is 0.586 e. The van der Waals surface area contributed by atoms with Crippen LogP contribution in [0.2, 0.25) is 0 Å². The summed E-state index contributed by atoms with van der Waals surface area (Å²) >= 11 is 0. The number of aromatic nitrogens is 1. The summed E-state index contributed by atoms with van der Waals surface area (Å²) in [4.78, 5) is 19.8. The lowest BCUT2D eigenvalue weighted by Crippen LogP contribution is -2.52. The van der Waals surface area contributed by atoms with Crippen LogP contribution < -0.4 is 19.7 Å². The van der Waals surface area contributed by atoms with E-state index in [1.54, 1.807) is 30.0 Å². The number of rotatable bonds is 3. The van der Waals surface area contributed by atoms with E-state index in [0.29, 0.717) is 37.4 Å². The van der Waals surface area contributed by atoms with Crippen molar-refractivity contribution in [3.8, 4) is 11.5 Å². The summed E-state index contributed by atoms with van der Waals surface area (Å²) in [6.07, 6.45) is -1.04. The van der Waals surface area contributed by atoms with Gasteiger partial charge in [0.2, 0.25) is 0 Å². The summed E-state index contributed by atoms with van der Waals surface area (Å²) in [5.41, 5.74) is 0.844. The zero-order valence-corrected chi connectivity index (χ0v) is 15.6. The Kier molecular flexibility index (Phi) is 4.85. The van der Waals surface area contributed by atoms with Crippen LogP contribution in [-0.2, 0) is 0 Å². The Labute approximate surface area is 165 Å².